The van der Waals surface area contributed by atoms with Gasteiger partial charge in [0.15, 0.2) is 0 Å². The minimum absolute atomic E-state index is 0.0259. The summed E-state index contributed by atoms with van der Waals surface area (Å²) >= 11 is 0. The number of hydrogen-bond acceptors (Lipinski definition) is 3. The maximum atomic E-state index is 12.9. The molecule has 5 heteroatoms. The molecular formula is C20H25N3O2. The molecule has 2 heterocycles. The van der Waals surface area contributed by atoms with Crippen LogP contribution in [0.4, 0.5) is 0 Å². The average Bonchev–Trinajstić information content (AvgIpc) is 3.21. The van der Waals surface area contributed by atoms with Gasteiger partial charge in [0, 0.05) is 25.6 Å². The summed E-state index contributed by atoms with van der Waals surface area (Å²) in [5, 5.41) is 5.56. The fraction of sp³-hybridized carbons (Fsp3) is 0.550. The molecule has 132 valence electrons. The Bertz CT molecular complexity index is 727. The smallest absolute Gasteiger partial charge is 0.248 e. The number of benzene rings is 1. The number of rotatable bonds is 3. The predicted octanol–water partition coefficient (Wildman–Crippen LogP) is 2.71. The van der Waals surface area contributed by atoms with Crippen molar-refractivity contribution in [3.63, 3.8) is 0 Å². The zero-order chi connectivity index (χ0) is 17.4. The molecule has 1 aromatic rings. The van der Waals surface area contributed by atoms with E-state index in [0.717, 1.165) is 32.2 Å². The van der Waals surface area contributed by atoms with Crippen LogP contribution in [0.1, 0.15) is 55.6 Å². The van der Waals surface area contributed by atoms with Crippen LogP contribution in [0.3, 0.4) is 0 Å². The number of fused-ring (bicyclic) bond motifs is 1. The van der Waals surface area contributed by atoms with E-state index >= 15 is 0 Å². The second-order valence-electron chi connectivity index (χ2n) is 7.43. The Kier molecular flexibility index (Phi) is 4.32. The van der Waals surface area contributed by atoms with Crippen LogP contribution in [0.5, 0.6) is 0 Å². The molecule has 3 aliphatic rings. The standard InChI is InChI=1S/C20H25N3O2/c1-22-19(24)12-15(21-22)13-20(25)23-11-5-10-18(23)17-9-4-7-14-6-2-3-8-16(14)17/h2-3,6,8,17-18H,4-5,7,9-13H2,1H3/t17-,18-/m0/s1. The summed E-state index contributed by atoms with van der Waals surface area (Å²) in [4.78, 5) is 26.6. The van der Waals surface area contributed by atoms with Gasteiger partial charge in [-0.2, -0.15) is 5.10 Å². The van der Waals surface area contributed by atoms with E-state index < -0.39 is 0 Å². The number of carbonyl (C=O) groups excluding carboxylic acids is 2. The molecule has 1 aromatic carbocycles. The van der Waals surface area contributed by atoms with E-state index in [1.165, 1.54) is 22.6 Å². The maximum Gasteiger partial charge on any atom is 0.248 e. The minimum atomic E-state index is -0.0259. The molecule has 1 fully saturated rings. The van der Waals surface area contributed by atoms with Crippen molar-refractivity contribution in [2.45, 2.75) is 56.9 Å². The van der Waals surface area contributed by atoms with Crippen LogP contribution in [0.25, 0.3) is 0 Å². The molecule has 1 saturated heterocycles. The first-order chi connectivity index (χ1) is 12.1. The van der Waals surface area contributed by atoms with E-state index in [-0.39, 0.29) is 24.7 Å². The molecule has 0 spiro atoms. The quantitative estimate of drug-likeness (QED) is 0.850. The maximum absolute atomic E-state index is 12.9. The van der Waals surface area contributed by atoms with E-state index in [4.69, 9.17) is 0 Å². The number of hydrazone groups is 1. The molecule has 0 aromatic heterocycles. The number of hydrogen-bond donors (Lipinski definition) is 0. The van der Waals surface area contributed by atoms with Gasteiger partial charge in [0.1, 0.15) is 0 Å². The summed E-state index contributed by atoms with van der Waals surface area (Å²) in [7, 11) is 1.65. The highest BCUT2D eigenvalue weighted by molar-refractivity contribution is 6.11. The lowest BCUT2D eigenvalue weighted by Gasteiger charge is -2.35. The first kappa shape index (κ1) is 16.3. The Morgan fingerprint density at radius 1 is 1.24 bits per heavy atom. The predicted molar refractivity (Wildman–Crippen MR) is 96.3 cm³/mol. The molecule has 0 radical (unpaired) electrons. The van der Waals surface area contributed by atoms with E-state index in [1.54, 1.807) is 7.05 Å². The molecule has 2 atom stereocenters. The Morgan fingerprint density at radius 2 is 2.08 bits per heavy atom. The Morgan fingerprint density at radius 3 is 2.88 bits per heavy atom. The number of aryl methyl sites for hydroxylation is 1. The molecule has 25 heavy (non-hydrogen) atoms. The molecule has 2 amide bonds. The summed E-state index contributed by atoms with van der Waals surface area (Å²) < 4.78 is 0. The average molecular weight is 339 g/mol. The van der Waals surface area contributed by atoms with Gasteiger partial charge in [0.2, 0.25) is 11.8 Å². The Balaban J connectivity index is 1.51. The van der Waals surface area contributed by atoms with Crippen molar-refractivity contribution in [2.75, 3.05) is 13.6 Å². The molecular weight excluding hydrogens is 314 g/mol. The fourth-order valence-electron chi connectivity index (χ4n) is 4.68. The van der Waals surface area contributed by atoms with Crippen LogP contribution in [0.15, 0.2) is 29.4 Å². The van der Waals surface area contributed by atoms with E-state index in [0.29, 0.717) is 17.7 Å². The molecule has 1 aliphatic carbocycles. The van der Waals surface area contributed by atoms with Crippen molar-refractivity contribution < 1.29 is 9.59 Å². The summed E-state index contributed by atoms with van der Waals surface area (Å²) in [5.74, 6) is 0.556. The molecule has 5 nitrogen and oxygen atoms in total. The van der Waals surface area contributed by atoms with Gasteiger partial charge in [-0.15, -0.1) is 0 Å². The Hall–Kier alpha value is -2.17. The van der Waals surface area contributed by atoms with Gasteiger partial charge in [0.25, 0.3) is 0 Å². The molecule has 0 unspecified atom stereocenters. The van der Waals surface area contributed by atoms with Crippen LogP contribution in [-0.4, -0.2) is 47.1 Å². The van der Waals surface area contributed by atoms with E-state index in [1.807, 2.05) is 0 Å². The van der Waals surface area contributed by atoms with Gasteiger partial charge in [-0.1, -0.05) is 24.3 Å². The monoisotopic (exact) mass is 339 g/mol. The lowest BCUT2D eigenvalue weighted by Crippen LogP contribution is -2.40. The second kappa shape index (κ2) is 6.62. The van der Waals surface area contributed by atoms with Crippen LogP contribution in [-0.2, 0) is 16.0 Å². The van der Waals surface area contributed by atoms with Gasteiger partial charge in [-0.05, 0) is 43.2 Å². The van der Waals surface area contributed by atoms with Gasteiger partial charge >= 0.3 is 0 Å². The summed E-state index contributed by atoms with van der Waals surface area (Å²) in [6.07, 6.45) is 6.23. The zero-order valence-corrected chi connectivity index (χ0v) is 14.8. The van der Waals surface area contributed by atoms with Crippen LogP contribution >= 0.6 is 0 Å². The summed E-state index contributed by atoms with van der Waals surface area (Å²) in [6, 6.07) is 9.01. The van der Waals surface area contributed by atoms with Crippen molar-refractivity contribution in [1.29, 1.82) is 0 Å². The first-order valence-corrected chi connectivity index (χ1v) is 9.33. The van der Waals surface area contributed by atoms with Crippen molar-refractivity contribution >= 4 is 17.5 Å². The Labute approximate surface area is 148 Å². The number of carbonyl (C=O) groups is 2. The zero-order valence-electron chi connectivity index (χ0n) is 14.8. The van der Waals surface area contributed by atoms with Crippen molar-refractivity contribution in [3.8, 4) is 0 Å². The normalized spacial score (nSPS) is 26.0. The molecule has 2 aliphatic heterocycles. The summed E-state index contributed by atoms with van der Waals surface area (Å²) in [5.41, 5.74) is 3.59. The molecule has 0 saturated carbocycles. The highest BCUT2D eigenvalue weighted by Crippen LogP contribution is 2.39. The number of nitrogens with zero attached hydrogens (tertiary/aromatic N) is 3. The number of amides is 2. The minimum Gasteiger partial charge on any atom is -0.339 e. The third-order valence-electron chi connectivity index (χ3n) is 5.86. The molecule has 4 rings (SSSR count). The fourth-order valence-corrected chi connectivity index (χ4v) is 4.68. The highest BCUT2D eigenvalue weighted by Gasteiger charge is 2.37. The van der Waals surface area contributed by atoms with Gasteiger partial charge in [-0.25, -0.2) is 5.01 Å². The SMILES string of the molecule is CN1N=C(CC(=O)N2CCC[C@H]2[C@H]2CCCc3ccccc32)CC1=O. The number of likely N-dealkylation sites (tertiary alicyclic amines) is 1. The van der Waals surface area contributed by atoms with Crippen molar-refractivity contribution in [3.05, 3.63) is 35.4 Å². The highest BCUT2D eigenvalue weighted by atomic mass is 16.2. The largest absolute Gasteiger partial charge is 0.339 e. The van der Waals surface area contributed by atoms with Crippen LogP contribution in [0, 0.1) is 0 Å². The van der Waals surface area contributed by atoms with Crippen molar-refractivity contribution in [2.24, 2.45) is 5.10 Å². The van der Waals surface area contributed by atoms with Gasteiger partial charge in [0.05, 0.1) is 18.6 Å². The van der Waals surface area contributed by atoms with E-state index in [2.05, 4.69) is 34.3 Å². The lowest BCUT2D eigenvalue weighted by atomic mass is 9.78. The third-order valence-corrected chi connectivity index (χ3v) is 5.86. The van der Waals surface area contributed by atoms with Gasteiger partial charge < -0.3 is 4.90 Å². The molecule has 0 bridgehead atoms. The molecule has 0 N–H and O–H groups in total. The van der Waals surface area contributed by atoms with Gasteiger partial charge in [-0.3, -0.25) is 9.59 Å². The van der Waals surface area contributed by atoms with Crippen LogP contribution in [0.2, 0.25) is 0 Å². The summed E-state index contributed by atoms with van der Waals surface area (Å²) in [6.45, 7) is 0.833. The topological polar surface area (TPSA) is 53.0 Å². The second-order valence-corrected chi connectivity index (χ2v) is 7.43. The third kappa shape index (κ3) is 3.08. The van der Waals surface area contributed by atoms with E-state index in [9.17, 15) is 9.59 Å². The lowest BCUT2D eigenvalue weighted by molar-refractivity contribution is -0.131. The van der Waals surface area contributed by atoms with Crippen LogP contribution < -0.4 is 0 Å². The first-order valence-electron chi connectivity index (χ1n) is 9.33. The van der Waals surface area contributed by atoms with Crippen molar-refractivity contribution in [1.82, 2.24) is 9.91 Å².